The molecule has 4 heteroatoms. The van der Waals surface area contributed by atoms with Crippen LogP contribution in [0.3, 0.4) is 0 Å². The van der Waals surface area contributed by atoms with Crippen molar-refractivity contribution in [2.24, 2.45) is 9.98 Å². The van der Waals surface area contributed by atoms with Gasteiger partial charge in [0.1, 0.15) is 0 Å². The van der Waals surface area contributed by atoms with Crippen molar-refractivity contribution < 1.29 is 9.59 Å². The molecule has 15 heavy (non-hydrogen) atoms. The molecule has 0 spiro atoms. The topological polar surface area (TPSA) is 58.9 Å². The van der Waals surface area contributed by atoms with E-state index in [9.17, 15) is 9.59 Å². The second kappa shape index (κ2) is 5.20. The fourth-order valence-corrected chi connectivity index (χ4v) is 1.48. The van der Waals surface area contributed by atoms with Gasteiger partial charge in [0, 0.05) is 6.42 Å². The van der Waals surface area contributed by atoms with Gasteiger partial charge in [0.2, 0.25) is 12.2 Å². The summed E-state index contributed by atoms with van der Waals surface area (Å²) >= 11 is 0. The number of rotatable bonds is 4. The van der Waals surface area contributed by atoms with Crippen molar-refractivity contribution in [1.29, 1.82) is 0 Å². The molecule has 0 fully saturated rings. The van der Waals surface area contributed by atoms with Crippen LogP contribution in [0.25, 0.3) is 0 Å². The van der Waals surface area contributed by atoms with Crippen molar-refractivity contribution in [3.63, 3.8) is 0 Å². The van der Waals surface area contributed by atoms with E-state index in [1.807, 2.05) is 12.2 Å². The van der Waals surface area contributed by atoms with Gasteiger partial charge in [-0.25, -0.2) is 9.59 Å². The fourth-order valence-electron chi connectivity index (χ4n) is 1.48. The summed E-state index contributed by atoms with van der Waals surface area (Å²) in [5.74, 6) is 0. The maximum atomic E-state index is 10.2. The summed E-state index contributed by atoms with van der Waals surface area (Å²) in [6.07, 6.45) is 10.7. The summed E-state index contributed by atoms with van der Waals surface area (Å²) in [4.78, 5) is 27.5. The van der Waals surface area contributed by atoms with Crippen LogP contribution in [-0.2, 0) is 9.59 Å². The molecule has 1 aliphatic carbocycles. The van der Waals surface area contributed by atoms with Crippen LogP contribution in [-0.4, -0.2) is 17.8 Å². The average molecular weight is 204 g/mol. The highest BCUT2D eigenvalue weighted by Crippen LogP contribution is 2.27. The van der Waals surface area contributed by atoms with E-state index in [1.54, 1.807) is 6.08 Å². The lowest BCUT2D eigenvalue weighted by atomic mass is 9.95. The number of aliphatic imine (C=N–C) groups is 2. The summed E-state index contributed by atoms with van der Waals surface area (Å²) in [5, 5.41) is 0. The number of carbonyl (C=O) groups excluding carboxylic acids is 2. The van der Waals surface area contributed by atoms with Gasteiger partial charge in [0.15, 0.2) is 5.66 Å². The van der Waals surface area contributed by atoms with E-state index in [1.165, 1.54) is 17.7 Å². The smallest absolute Gasteiger partial charge is 0.211 e. The second-order valence-electron chi connectivity index (χ2n) is 3.35. The Balaban J connectivity index is 2.88. The molecule has 0 aromatic rings. The first-order valence-electron chi connectivity index (χ1n) is 4.82. The molecule has 78 valence electrons. The molecule has 0 aromatic heterocycles. The van der Waals surface area contributed by atoms with Crippen LogP contribution in [0.1, 0.15) is 26.2 Å². The van der Waals surface area contributed by atoms with E-state index in [0.29, 0.717) is 6.42 Å². The lowest BCUT2D eigenvalue weighted by molar-refractivity contribution is 0.512. The molecule has 0 N–H and O–H groups in total. The molecule has 0 amide bonds. The number of nitrogens with zero attached hydrogens (tertiary/aromatic N) is 2. The van der Waals surface area contributed by atoms with Crippen molar-refractivity contribution in [3.8, 4) is 0 Å². The molecule has 0 saturated carbocycles. The molecule has 1 rings (SSSR count). The Labute approximate surface area is 88.1 Å². The Morgan fingerprint density at radius 2 is 2.07 bits per heavy atom. The van der Waals surface area contributed by atoms with E-state index < -0.39 is 5.66 Å². The zero-order valence-corrected chi connectivity index (χ0v) is 8.56. The summed E-state index contributed by atoms with van der Waals surface area (Å²) in [6, 6.07) is 0. The fraction of sp³-hybridized carbons (Fsp3) is 0.455. The van der Waals surface area contributed by atoms with Crippen molar-refractivity contribution in [2.75, 3.05) is 0 Å². The van der Waals surface area contributed by atoms with Crippen LogP contribution < -0.4 is 0 Å². The highest BCUT2D eigenvalue weighted by Gasteiger charge is 2.26. The van der Waals surface area contributed by atoms with Gasteiger partial charge in [-0.2, -0.15) is 9.98 Å². The first-order chi connectivity index (χ1) is 7.26. The lowest BCUT2D eigenvalue weighted by Crippen LogP contribution is -2.21. The van der Waals surface area contributed by atoms with Gasteiger partial charge in [-0.3, -0.25) is 0 Å². The predicted octanol–water partition coefficient (Wildman–Crippen LogP) is 2.04. The monoisotopic (exact) mass is 204 g/mol. The zero-order chi connectivity index (χ0) is 11.1. The average Bonchev–Trinajstić information content (AvgIpc) is 2.23. The third-order valence-corrected chi connectivity index (χ3v) is 2.25. The van der Waals surface area contributed by atoms with Gasteiger partial charge >= 0.3 is 0 Å². The third kappa shape index (κ3) is 2.84. The summed E-state index contributed by atoms with van der Waals surface area (Å²) in [6.45, 7) is 2.09. The van der Waals surface area contributed by atoms with Gasteiger partial charge in [0.05, 0.1) is 0 Å². The molecule has 0 radical (unpaired) electrons. The largest absolute Gasteiger partial charge is 0.237 e. The van der Waals surface area contributed by atoms with E-state index in [0.717, 1.165) is 12.8 Å². The molecular formula is C11H12N2O2. The molecule has 1 aliphatic rings. The van der Waals surface area contributed by atoms with E-state index in [4.69, 9.17) is 0 Å². The van der Waals surface area contributed by atoms with E-state index in [2.05, 4.69) is 16.9 Å². The van der Waals surface area contributed by atoms with E-state index >= 15 is 0 Å². The molecule has 0 bridgehead atoms. The predicted molar refractivity (Wildman–Crippen MR) is 55.7 cm³/mol. The first-order valence-corrected chi connectivity index (χ1v) is 4.82. The van der Waals surface area contributed by atoms with E-state index in [-0.39, 0.29) is 0 Å². The van der Waals surface area contributed by atoms with Crippen LogP contribution in [0.5, 0.6) is 0 Å². The summed E-state index contributed by atoms with van der Waals surface area (Å²) < 4.78 is 0. The van der Waals surface area contributed by atoms with Crippen LogP contribution in [0, 0.1) is 0 Å². The van der Waals surface area contributed by atoms with Crippen molar-refractivity contribution in [2.45, 2.75) is 31.8 Å². The van der Waals surface area contributed by atoms with Crippen molar-refractivity contribution in [1.82, 2.24) is 0 Å². The van der Waals surface area contributed by atoms with Gasteiger partial charge in [-0.05, 0) is 12.5 Å². The van der Waals surface area contributed by atoms with Crippen molar-refractivity contribution >= 4 is 12.2 Å². The van der Waals surface area contributed by atoms with Gasteiger partial charge in [-0.15, -0.1) is 0 Å². The minimum atomic E-state index is -1.10. The highest BCUT2D eigenvalue weighted by atomic mass is 16.1. The Morgan fingerprint density at radius 1 is 1.40 bits per heavy atom. The Hall–Kier alpha value is -1.76. The maximum Gasteiger partial charge on any atom is 0.237 e. The van der Waals surface area contributed by atoms with Gasteiger partial charge < -0.3 is 0 Å². The highest BCUT2D eigenvalue weighted by molar-refractivity contribution is 5.43. The number of allylic oxidation sites excluding steroid dienone is 2. The molecule has 0 atom stereocenters. The third-order valence-electron chi connectivity index (χ3n) is 2.25. The summed E-state index contributed by atoms with van der Waals surface area (Å²) in [5.41, 5.74) is 0.0797. The SMILES string of the molecule is CCCC1=CCC(N=C=O)(N=C=O)C=C1. The molecule has 4 nitrogen and oxygen atoms in total. The normalized spacial score (nSPS) is 23.7. The molecule has 0 saturated heterocycles. The zero-order valence-electron chi connectivity index (χ0n) is 8.56. The Kier molecular flexibility index (Phi) is 3.92. The molecular weight excluding hydrogens is 192 g/mol. The molecule has 0 aliphatic heterocycles. The second-order valence-corrected chi connectivity index (χ2v) is 3.35. The summed E-state index contributed by atoms with van der Waals surface area (Å²) in [7, 11) is 0. The number of isocyanates is 2. The number of hydrogen-bond donors (Lipinski definition) is 0. The quantitative estimate of drug-likeness (QED) is 0.519. The molecule has 0 aromatic carbocycles. The minimum Gasteiger partial charge on any atom is -0.211 e. The molecule has 0 unspecified atom stereocenters. The molecule has 0 heterocycles. The minimum absolute atomic E-state index is 0.420. The Bertz CT molecular complexity index is 365. The van der Waals surface area contributed by atoms with Gasteiger partial charge in [-0.1, -0.05) is 31.1 Å². The van der Waals surface area contributed by atoms with Crippen LogP contribution in [0.2, 0.25) is 0 Å². The van der Waals surface area contributed by atoms with Crippen LogP contribution in [0.4, 0.5) is 0 Å². The van der Waals surface area contributed by atoms with Crippen molar-refractivity contribution in [3.05, 3.63) is 23.8 Å². The maximum absolute atomic E-state index is 10.2. The standard InChI is InChI=1S/C11H12N2O2/c1-2-3-10-4-6-11(7-5-10,12-8-14)13-9-15/h4-6H,2-3,7H2,1H3. The van der Waals surface area contributed by atoms with Crippen LogP contribution >= 0.6 is 0 Å². The Morgan fingerprint density at radius 3 is 2.47 bits per heavy atom. The lowest BCUT2D eigenvalue weighted by Gasteiger charge is -2.20. The number of hydrogen-bond acceptors (Lipinski definition) is 4. The first kappa shape index (κ1) is 11.3. The van der Waals surface area contributed by atoms with Crippen LogP contribution in [0.15, 0.2) is 33.8 Å². The van der Waals surface area contributed by atoms with Gasteiger partial charge in [0.25, 0.3) is 0 Å².